The monoisotopic (exact) mass is 704 g/mol. The highest BCUT2D eigenvalue weighted by Gasteiger charge is 2.64. The zero-order chi connectivity index (χ0) is 34.4. The molecule has 4 aliphatic rings. The van der Waals surface area contributed by atoms with Gasteiger partial charge in [0.2, 0.25) is 0 Å². The van der Waals surface area contributed by atoms with E-state index in [1.165, 1.54) is 10.4 Å². The second-order valence-corrected chi connectivity index (χ2v) is 21.6. The summed E-state index contributed by atoms with van der Waals surface area (Å²) >= 11 is 0. The van der Waals surface area contributed by atoms with Gasteiger partial charge in [-0.15, -0.1) is 0 Å². The summed E-state index contributed by atoms with van der Waals surface area (Å²) in [4.78, 5) is 0.774. The first-order valence-electron chi connectivity index (χ1n) is 18.0. The lowest BCUT2D eigenvalue weighted by Gasteiger charge is -2.48. The molecule has 0 radical (unpaired) electrons. The Kier molecular flexibility index (Phi) is 9.86. The van der Waals surface area contributed by atoms with Gasteiger partial charge in [-0.05, 0) is 53.7 Å². The maximum Gasteiger partial charge on any atom is 0.261 e. The first kappa shape index (κ1) is 35.2. The molecule has 0 aliphatic carbocycles. The number of aliphatic hydroxyl groups excluding tert-OH is 1. The topological polar surface area (TPSA) is 83.5 Å². The second-order valence-electron chi connectivity index (χ2n) is 15.6. The number of fused-ring (bicyclic) bond motifs is 1. The van der Waals surface area contributed by atoms with Gasteiger partial charge >= 0.3 is 0 Å². The van der Waals surface area contributed by atoms with Crippen LogP contribution in [0.5, 0.6) is 0 Å². The van der Waals surface area contributed by atoms with Crippen LogP contribution in [0.4, 0.5) is 0 Å². The average Bonchev–Trinajstić information content (AvgIpc) is 3.66. The van der Waals surface area contributed by atoms with E-state index >= 15 is 0 Å². The molecule has 2 unspecified atom stereocenters. The van der Waals surface area contributed by atoms with Crippen LogP contribution in [-0.4, -0.2) is 72.1 Å². The molecule has 0 bridgehead atoms. The van der Waals surface area contributed by atoms with Crippen molar-refractivity contribution in [3.05, 3.63) is 90.5 Å². The standard InChI is InChI=1S/C40H52O7SSi/c1-28-16-19-32(20-17-28)48(42)37-21-18-30(26-41)45-40(37)23-22-39(47-40)29(2)24-35-36(46-39)25-31(44-35)27-43-49(38(3,4)5,33-12-8-6-9-13-33)34-14-10-7-11-15-34/h6-17,19-20,29-31,35-37,41H,18,21-27H2,1-5H3/t29-,30-,31+,35-,36-,37?,39-,40+,48?/m0/s1. The van der Waals surface area contributed by atoms with Crippen LogP contribution in [0.15, 0.2) is 89.8 Å². The zero-order valence-corrected chi connectivity index (χ0v) is 31.3. The van der Waals surface area contributed by atoms with Crippen molar-refractivity contribution in [2.24, 2.45) is 5.92 Å². The minimum Gasteiger partial charge on any atom is -0.405 e. The van der Waals surface area contributed by atoms with E-state index in [0.717, 1.165) is 16.9 Å². The Bertz CT molecular complexity index is 1560. The lowest BCUT2D eigenvalue weighted by Crippen LogP contribution is -2.67. The van der Waals surface area contributed by atoms with Crippen LogP contribution in [0, 0.1) is 12.8 Å². The van der Waals surface area contributed by atoms with E-state index in [4.69, 9.17) is 23.4 Å². The highest BCUT2D eigenvalue weighted by Crippen LogP contribution is 2.55. The molecule has 7 nitrogen and oxygen atoms in total. The smallest absolute Gasteiger partial charge is 0.261 e. The molecule has 4 heterocycles. The summed E-state index contributed by atoms with van der Waals surface area (Å²) < 4.78 is 48.7. The summed E-state index contributed by atoms with van der Waals surface area (Å²) in [5, 5.41) is 12.1. The van der Waals surface area contributed by atoms with E-state index in [-0.39, 0.29) is 47.2 Å². The van der Waals surface area contributed by atoms with Gasteiger partial charge in [0.05, 0.1) is 53.7 Å². The van der Waals surface area contributed by atoms with Crippen LogP contribution in [0.3, 0.4) is 0 Å². The van der Waals surface area contributed by atoms with Crippen LogP contribution in [0.2, 0.25) is 5.04 Å². The van der Waals surface area contributed by atoms with E-state index < -0.39 is 30.7 Å². The van der Waals surface area contributed by atoms with E-state index in [9.17, 15) is 9.32 Å². The quantitative estimate of drug-likeness (QED) is 0.288. The van der Waals surface area contributed by atoms with E-state index in [0.29, 0.717) is 38.7 Å². The van der Waals surface area contributed by atoms with Crippen molar-refractivity contribution >= 4 is 29.5 Å². The molecule has 4 saturated heterocycles. The number of hydrogen-bond donors (Lipinski definition) is 1. The predicted octanol–water partition coefficient (Wildman–Crippen LogP) is 6.00. The fourth-order valence-electron chi connectivity index (χ4n) is 8.81. The lowest BCUT2D eigenvalue weighted by molar-refractivity contribution is -0.376. The van der Waals surface area contributed by atoms with Gasteiger partial charge in [0.15, 0.2) is 11.6 Å². The molecule has 9 atom stereocenters. The van der Waals surface area contributed by atoms with Gasteiger partial charge < -0.3 is 28.5 Å². The average molecular weight is 705 g/mol. The Morgan fingerprint density at radius 2 is 1.47 bits per heavy atom. The first-order chi connectivity index (χ1) is 23.5. The SMILES string of the molecule is Cc1ccc(S(=O)C2CC[C@@H](CO)O[C@@]23CC[C@]2(O[C@H]4C[C@H](CO[Si](c5ccccc5)(c5ccccc5)C(C)(C)C)O[C@H]4C[C@@H]2C)O3)cc1. The molecule has 49 heavy (non-hydrogen) atoms. The van der Waals surface area contributed by atoms with Gasteiger partial charge in [-0.3, -0.25) is 4.21 Å². The number of ether oxygens (including phenoxy) is 4. The summed E-state index contributed by atoms with van der Waals surface area (Å²) in [6.45, 7) is 11.5. The lowest BCUT2D eigenvalue weighted by atomic mass is 9.86. The van der Waals surface area contributed by atoms with Crippen molar-refractivity contribution in [3.8, 4) is 0 Å². The van der Waals surface area contributed by atoms with Crippen molar-refractivity contribution in [3.63, 3.8) is 0 Å². The highest BCUT2D eigenvalue weighted by atomic mass is 32.2. The van der Waals surface area contributed by atoms with E-state index in [1.54, 1.807) is 0 Å². The van der Waals surface area contributed by atoms with Crippen molar-refractivity contribution < 1.29 is 32.7 Å². The molecule has 264 valence electrons. The van der Waals surface area contributed by atoms with Crippen LogP contribution < -0.4 is 10.4 Å². The maximum absolute atomic E-state index is 14.1. The van der Waals surface area contributed by atoms with Gasteiger partial charge in [-0.25, -0.2) is 0 Å². The number of benzene rings is 3. The van der Waals surface area contributed by atoms with Gasteiger partial charge in [-0.2, -0.15) is 0 Å². The Morgan fingerprint density at radius 3 is 2.08 bits per heavy atom. The molecular weight excluding hydrogens is 653 g/mol. The summed E-state index contributed by atoms with van der Waals surface area (Å²) in [6, 6.07) is 29.3. The Morgan fingerprint density at radius 1 is 0.837 bits per heavy atom. The molecule has 0 aromatic heterocycles. The summed E-state index contributed by atoms with van der Waals surface area (Å²) in [6.07, 6.45) is 3.34. The Hall–Kier alpha value is -2.21. The molecule has 9 heteroatoms. The van der Waals surface area contributed by atoms with E-state index in [2.05, 4.69) is 88.4 Å². The van der Waals surface area contributed by atoms with Gasteiger partial charge in [-0.1, -0.05) is 106 Å². The number of aliphatic hydroxyl groups is 1. The van der Waals surface area contributed by atoms with Crippen LogP contribution in [0.1, 0.15) is 71.8 Å². The number of aryl methyl sites for hydroxylation is 1. The fourth-order valence-corrected chi connectivity index (χ4v) is 15.0. The summed E-state index contributed by atoms with van der Waals surface area (Å²) in [7, 11) is -4.05. The molecule has 7 rings (SSSR count). The molecule has 0 amide bonds. The largest absolute Gasteiger partial charge is 0.405 e. The molecule has 3 aromatic rings. The molecule has 0 saturated carbocycles. The second kappa shape index (κ2) is 13.7. The number of rotatable bonds is 8. The predicted molar refractivity (Wildman–Crippen MR) is 194 cm³/mol. The minimum absolute atomic E-state index is 0.0380. The Labute approximate surface area is 295 Å². The van der Waals surface area contributed by atoms with E-state index in [1.807, 2.05) is 31.2 Å². The fraction of sp³-hybridized carbons (Fsp3) is 0.550. The highest BCUT2D eigenvalue weighted by molar-refractivity contribution is 7.85. The minimum atomic E-state index is -2.71. The van der Waals surface area contributed by atoms with Crippen molar-refractivity contribution in [2.45, 2.75) is 124 Å². The molecular formula is C40H52O7SSi. The molecule has 1 N–H and O–H groups in total. The summed E-state index contributed by atoms with van der Waals surface area (Å²) in [5.74, 6) is -1.92. The third kappa shape index (κ3) is 6.44. The van der Waals surface area contributed by atoms with Gasteiger partial charge in [0, 0.05) is 30.1 Å². The van der Waals surface area contributed by atoms with Crippen molar-refractivity contribution in [1.82, 2.24) is 0 Å². The molecule has 3 aromatic carbocycles. The van der Waals surface area contributed by atoms with Crippen LogP contribution in [-0.2, 0) is 34.2 Å². The van der Waals surface area contributed by atoms with Crippen LogP contribution >= 0.6 is 0 Å². The first-order valence-corrected chi connectivity index (χ1v) is 21.1. The van der Waals surface area contributed by atoms with Crippen LogP contribution in [0.25, 0.3) is 0 Å². The van der Waals surface area contributed by atoms with Crippen molar-refractivity contribution in [2.75, 3.05) is 13.2 Å². The zero-order valence-electron chi connectivity index (χ0n) is 29.5. The van der Waals surface area contributed by atoms with Crippen molar-refractivity contribution in [1.29, 1.82) is 0 Å². The molecule has 4 aliphatic heterocycles. The Balaban J connectivity index is 1.10. The molecule has 4 fully saturated rings. The maximum atomic E-state index is 14.1. The molecule has 2 spiro atoms. The third-order valence-corrected chi connectivity index (χ3v) is 18.2. The summed E-state index contributed by atoms with van der Waals surface area (Å²) in [5.41, 5.74) is 1.12. The van der Waals surface area contributed by atoms with Gasteiger partial charge in [0.25, 0.3) is 8.32 Å². The number of hydrogen-bond acceptors (Lipinski definition) is 7. The third-order valence-electron chi connectivity index (χ3n) is 11.4. The van der Waals surface area contributed by atoms with Gasteiger partial charge in [0.1, 0.15) is 0 Å². The normalized spacial score (nSPS) is 33.9.